The van der Waals surface area contributed by atoms with Gasteiger partial charge in [-0.3, -0.25) is 14.9 Å². The van der Waals surface area contributed by atoms with Gasteiger partial charge in [0.2, 0.25) is 5.91 Å². The molecule has 0 bridgehead atoms. The Morgan fingerprint density at radius 3 is 2.15 bits per heavy atom. The Morgan fingerprint density at radius 2 is 1.60 bits per heavy atom. The lowest BCUT2D eigenvalue weighted by Crippen LogP contribution is -2.41. The quantitative estimate of drug-likeness (QED) is 0.284. The highest BCUT2D eigenvalue weighted by atomic mass is 19.4. The SMILES string of the molecule is CC(C)(C)c1ccc(N2CCC(CNC(=O)[C@H]3CC[C@@H](Nc4ccc([N+](=O)[O-])c(C(F)(F)F)c4)CC3)CC2)cc1. The first-order valence-electron chi connectivity index (χ1n) is 14.1. The van der Waals surface area contributed by atoms with Crippen LogP contribution in [0.5, 0.6) is 0 Å². The highest BCUT2D eigenvalue weighted by Crippen LogP contribution is 2.38. The molecule has 0 spiro atoms. The summed E-state index contributed by atoms with van der Waals surface area (Å²) in [5.41, 5.74) is 0.665. The molecule has 1 saturated heterocycles. The monoisotopic (exact) mass is 560 g/mol. The second-order valence-corrected chi connectivity index (χ2v) is 12.2. The van der Waals surface area contributed by atoms with Crippen molar-refractivity contribution in [2.45, 2.75) is 76.9 Å². The number of carbonyl (C=O) groups is 1. The van der Waals surface area contributed by atoms with Crippen molar-refractivity contribution in [1.82, 2.24) is 5.32 Å². The molecule has 40 heavy (non-hydrogen) atoms. The molecule has 0 unspecified atom stereocenters. The van der Waals surface area contributed by atoms with E-state index in [4.69, 9.17) is 0 Å². The highest BCUT2D eigenvalue weighted by molar-refractivity contribution is 5.78. The van der Waals surface area contributed by atoms with Gasteiger partial charge in [0.15, 0.2) is 0 Å². The smallest absolute Gasteiger partial charge is 0.382 e. The number of hydrogen-bond donors (Lipinski definition) is 2. The van der Waals surface area contributed by atoms with Crippen LogP contribution in [0.3, 0.4) is 0 Å². The molecule has 1 heterocycles. The third-order valence-electron chi connectivity index (χ3n) is 8.25. The van der Waals surface area contributed by atoms with Crippen LogP contribution >= 0.6 is 0 Å². The van der Waals surface area contributed by atoms with Crippen LogP contribution in [0.15, 0.2) is 42.5 Å². The Kier molecular flexibility index (Phi) is 8.95. The molecule has 1 aliphatic carbocycles. The second-order valence-electron chi connectivity index (χ2n) is 12.2. The fourth-order valence-corrected chi connectivity index (χ4v) is 5.70. The zero-order chi connectivity index (χ0) is 29.1. The summed E-state index contributed by atoms with van der Waals surface area (Å²) in [6, 6.07) is 11.7. The van der Waals surface area contributed by atoms with Crippen molar-refractivity contribution in [3.05, 3.63) is 63.7 Å². The largest absolute Gasteiger partial charge is 0.423 e. The number of hydrogen-bond acceptors (Lipinski definition) is 5. The number of nitro benzene ring substituents is 1. The molecule has 1 amide bonds. The number of piperidine rings is 1. The average Bonchev–Trinajstić information content (AvgIpc) is 2.91. The van der Waals surface area contributed by atoms with Crippen molar-refractivity contribution >= 4 is 23.0 Å². The third kappa shape index (κ3) is 7.46. The van der Waals surface area contributed by atoms with Crippen LogP contribution in [0, 0.1) is 22.0 Å². The Bertz CT molecular complexity index is 1180. The van der Waals surface area contributed by atoms with E-state index in [0.717, 1.165) is 38.1 Å². The van der Waals surface area contributed by atoms with Gasteiger partial charge in [0, 0.05) is 49.0 Å². The molecule has 0 aromatic heterocycles. The van der Waals surface area contributed by atoms with E-state index in [-0.39, 0.29) is 29.0 Å². The summed E-state index contributed by atoms with van der Waals surface area (Å²) in [6.07, 6.45) is -0.201. The van der Waals surface area contributed by atoms with Crippen LogP contribution in [0.25, 0.3) is 0 Å². The Labute approximate surface area is 233 Å². The molecule has 2 aromatic carbocycles. The maximum absolute atomic E-state index is 13.3. The lowest BCUT2D eigenvalue weighted by molar-refractivity contribution is -0.388. The molecule has 10 heteroatoms. The number of nitro groups is 1. The summed E-state index contributed by atoms with van der Waals surface area (Å²) in [6.45, 7) is 9.22. The predicted octanol–water partition coefficient (Wildman–Crippen LogP) is 6.91. The van der Waals surface area contributed by atoms with Gasteiger partial charge in [-0.15, -0.1) is 0 Å². The second kappa shape index (κ2) is 12.1. The summed E-state index contributed by atoms with van der Waals surface area (Å²) in [7, 11) is 0. The average molecular weight is 561 g/mol. The lowest BCUT2D eigenvalue weighted by Gasteiger charge is -2.34. The maximum atomic E-state index is 13.3. The number of nitrogens with zero attached hydrogens (tertiary/aromatic N) is 2. The fraction of sp³-hybridized carbons (Fsp3) is 0.567. The first-order chi connectivity index (χ1) is 18.8. The van der Waals surface area contributed by atoms with E-state index in [9.17, 15) is 28.1 Å². The van der Waals surface area contributed by atoms with Gasteiger partial charge in [-0.25, -0.2) is 0 Å². The van der Waals surface area contributed by atoms with Crippen LogP contribution in [-0.4, -0.2) is 36.5 Å². The molecule has 2 aromatic rings. The van der Waals surface area contributed by atoms with E-state index in [1.165, 1.54) is 17.3 Å². The van der Waals surface area contributed by atoms with Gasteiger partial charge in [0.25, 0.3) is 5.69 Å². The molecule has 218 valence electrons. The summed E-state index contributed by atoms with van der Waals surface area (Å²) in [5.74, 6) is 0.382. The van der Waals surface area contributed by atoms with Gasteiger partial charge in [-0.05, 0) is 79.7 Å². The van der Waals surface area contributed by atoms with E-state index in [0.29, 0.717) is 38.1 Å². The molecule has 4 rings (SSSR count). The zero-order valence-electron chi connectivity index (χ0n) is 23.4. The lowest BCUT2D eigenvalue weighted by atomic mass is 9.85. The summed E-state index contributed by atoms with van der Waals surface area (Å²) < 4.78 is 39.8. The van der Waals surface area contributed by atoms with E-state index in [1.54, 1.807) is 0 Å². The van der Waals surface area contributed by atoms with Crippen LogP contribution < -0.4 is 15.5 Å². The standard InChI is InChI=1S/C30H39F3N4O3/c1-29(2,3)22-6-11-25(12-7-22)36-16-14-20(15-17-36)19-34-28(38)21-4-8-23(9-5-21)35-24-10-13-27(37(39)40)26(18-24)30(31,32)33/h6-7,10-13,18,20-21,23,35H,4-5,8-9,14-17,19H2,1-3H3,(H,34,38)/t21-,23+. The molecule has 7 nitrogen and oxygen atoms in total. The molecule has 0 radical (unpaired) electrons. The summed E-state index contributed by atoms with van der Waals surface area (Å²) in [4.78, 5) is 25.2. The van der Waals surface area contributed by atoms with Crippen molar-refractivity contribution < 1.29 is 22.9 Å². The summed E-state index contributed by atoms with van der Waals surface area (Å²) in [5, 5.41) is 17.2. The van der Waals surface area contributed by atoms with Gasteiger partial charge in [-0.1, -0.05) is 32.9 Å². The fourth-order valence-electron chi connectivity index (χ4n) is 5.70. The number of anilines is 2. The van der Waals surface area contributed by atoms with Gasteiger partial charge >= 0.3 is 6.18 Å². The van der Waals surface area contributed by atoms with Gasteiger partial charge < -0.3 is 15.5 Å². The molecule has 1 saturated carbocycles. The van der Waals surface area contributed by atoms with E-state index in [1.807, 2.05) is 0 Å². The Morgan fingerprint density at radius 1 is 0.975 bits per heavy atom. The number of carbonyl (C=O) groups excluding carboxylic acids is 1. The van der Waals surface area contributed by atoms with Crippen LogP contribution in [0.4, 0.5) is 30.2 Å². The minimum absolute atomic E-state index is 0.0494. The zero-order valence-corrected chi connectivity index (χ0v) is 23.4. The Hall–Kier alpha value is -3.30. The molecule has 0 atom stereocenters. The minimum atomic E-state index is -4.82. The van der Waals surface area contributed by atoms with Crippen LogP contribution in [0.2, 0.25) is 0 Å². The third-order valence-corrected chi connectivity index (χ3v) is 8.25. The van der Waals surface area contributed by atoms with E-state index >= 15 is 0 Å². The molecule has 2 aliphatic rings. The van der Waals surface area contributed by atoms with Crippen molar-refractivity contribution in [2.75, 3.05) is 29.9 Å². The first-order valence-corrected chi connectivity index (χ1v) is 14.1. The number of benzene rings is 2. The predicted molar refractivity (Wildman–Crippen MR) is 151 cm³/mol. The van der Waals surface area contributed by atoms with Gasteiger partial charge in [0.1, 0.15) is 5.56 Å². The van der Waals surface area contributed by atoms with E-state index in [2.05, 4.69) is 60.6 Å². The number of amides is 1. The van der Waals surface area contributed by atoms with Gasteiger partial charge in [-0.2, -0.15) is 13.2 Å². The van der Waals surface area contributed by atoms with Crippen molar-refractivity contribution in [1.29, 1.82) is 0 Å². The normalized spacial score (nSPS) is 20.7. The number of rotatable bonds is 7. The number of alkyl halides is 3. The topological polar surface area (TPSA) is 87.5 Å². The van der Waals surface area contributed by atoms with Crippen molar-refractivity contribution in [2.24, 2.45) is 11.8 Å². The number of halogens is 3. The molecule has 2 fully saturated rings. The molecular weight excluding hydrogens is 521 g/mol. The maximum Gasteiger partial charge on any atom is 0.423 e. The van der Waals surface area contributed by atoms with Crippen LogP contribution in [0.1, 0.15) is 70.4 Å². The van der Waals surface area contributed by atoms with Crippen molar-refractivity contribution in [3.63, 3.8) is 0 Å². The first kappa shape index (κ1) is 29.7. The van der Waals surface area contributed by atoms with Gasteiger partial charge in [0.05, 0.1) is 4.92 Å². The highest BCUT2D eigenvalue weighted by Gasteiger charge is 2.38. The Balaban J connectivity index is 1.19. The number of nitrogens with one attached hydrogen (secondary N) is 2. The molecule has 1 aliphatic heterocycles. The molecular formula is C30H39F3N4O3. The van der Waals surface area contributed by atoms with Crippen LogP contribution in [-0.2, 0) is 16.4 Å². The van der Waals surface area contributed by atoms with E-state index < -0.39 is 22.4 Å². The molecule has 2 N–H and O–H groups in total. The minimum Gasteiger partial charge on any atom is -0.382 e. The van der Waals surface area contributed by atoms with Crippen molar-refractivity contribution in [3.8, 4) is 0 Å². The summed E-state index contributed by atoms with van der Waals surface area (Å²) >= 11 is 0.